The lowest BCUT2D eigenvalue weighted by Crippen LogP contribution is -2.52. The Morgan fingerprint density at radius 1 is 0.806 bits per heavy atom. The number of aromatic nitrogens is 3. The highest BCUT2D eigenvalue weighted by Gasteiger charge is 2.44. The summed E-state index contributed by atoms with van der Waals surface area (Å²) in [6, 6.07) is 15.8. The number of carbonyl (C=O) groups excluding carboxylic acids is 4. The van der Waals surface area contributed by atoms with Gasteiger partial charge in [0, 0.05) is 113 Å². The van der Waals surface area contributed by atoms with Crippen LogP contribution in [0.25, 0.3) is 0 Å². The molecule has 3 aromatic carbocycles. The van der Waals surface area contributed by atoms with Gasteiger partial charge in [0.15, 0.2) is 0 Å². The highest BCUT2D eigenvalue weighted by molar-refractivity contribution is 6.10. The smallest absolute Gasteiger partial charge is 0.379 e. The third-order valence-electron chi connectivity index (χ3n) is 16.4. The Balaban J connectivity index is 0.607. The molecule has 1 atom stereocenters. The van der Waals surface area contributed by atoms with Crippen molar-refractivity contribution >= 4 is 35.0 Å². The number of piperidine rings is 3. The van der Waals surface area contributed by atoms with E-state index >= 15 is 0 Å². The van der Waals surface area contributed by atoms with Gasteiger partial charge in [0.05, 0.1) is 38.0 Å². The van der Waals surface area contributed by atoms with Crippen LogP contribution in [-0.2, 0) is 63.8 Å². The lowest BCUT2D eigenvalue weighted by atomic mass is 9.75. The number of anilines is 2. The molecule has 1 aromatic heterocycles. The molecule has 0 bridgehead atoms. The summed E-state index contributed by atoms with van der Waals surface area (Å²) >= 11 is 0. The van der Waals surface area contributed by atoms with Gasteiger partial charge in [0.2, 0.25) is 11.8 Å². The SMILES string of the molecule is Cn1cnnc1CC1(c2cccc(N3Cc4c(cc(CN5CCC(OCCN6CCC(CN7CCN(c8ccc9c(c8)CN([C@H]8CCC(=O)NC8=O)C9=O)CC7)CC6)CC5)cc4C(F)(F)F)C3=O)c2)COC1. The fourth-order valence-corrected chi connectivity index (χ4v) is 12.1. The number of amides is 4. The quantitative estimate of drug-likeness (QED) is 0.174. The molecule has 1 N–H and O–H groups in total. The van der Waals surface area contributed by atoms with Crippen molar-refractivity contribution in [2.45, 2.75) is 88.3 Å². The minimum atomic E-state index is -4.61. The van der Waals surface area contributed by atoms with Gasteiger partial charge in [0.1, 0.15) is 18.2 Å². The van der Waals surface area contributed by atoms with Crippen molar-refractivity contribution < 1.29 is 41.8 Å². The van der Waals surface area contributed by atoms with E-state index in [0.29, 0.717) is 81.6 Å². The van der Waals surface area contributed by atoms with E-state index in [-0.39, 0.29) is 47.4 Å². The molecule has 5 saturated heterocycles. The zero-order valence-electron chi connectivity index (χ0n) is 40.9. The number of aryl methyl sites for hydroxylation is 1. The number of alkyl halides is 3. The topological polar surface area (TPSA) is 149 Å². The highest BCUT2D eigenvalue weighted by atomic mass is 19.4. The molecule has 72 heavy (non-hydrogen) atoms. The second kappa shape index (κ2) is 19.9. The van der Waals surface area contributed by atoms with Gasteiger partial charge in [-0.15, -0.1) is 10.2 Å². The average Bonchev–Trinajstić information content (AvgIpc) is 4.03. The van der Waals surface area contributed by atoms with E-state index in [2.05, 4.69) is 41.2 Å². The Morgan fingerprint density at radius 3 is 2.29 bits per heavy atom. The van der Waals surface area contributed by atoms with Gasteiger partial charge in [-0.2, -0.15) is 13.2 Å². The highest BCUT2D eigenvalue weighted by Crippen LogP contribution is 2.42. The number of piperazine rings is 1. The molecule has 382 valence electrons. The molecule has 11 rings (SSSR count). The number of likely N-dealkylation sites (tertiary alicyclic amines) is 2. The molecule has 8 heterocycles. The predicted molar refractivity (Wildman–Crippen MR) is 260 cm³/mol. The lowest BCUT2D eigenvalue weighted by Gasteiger charge is -2.42. The van der Waals surface area contributed by atoms with Crippen LogP contribution in [0.4, 0.5) is 24.5 Å². The third kappa shape index (κ3) is 9.89. The lowest BCUT2D eigenvalue weighted by molar-refractivity contribution is -0.138. The second-order valence-corrected chi connectivity index (χ2v) is 21.1. The van der Waals surface area contributed by atoms with E-state index in [0.717, 1.165) is 101 Å². The maximum atomic E-state index is 14.7. The number of fused-ring (bicyclic) bond motifs is 2. The fourth-order valence-electron chi connectivity index (χ4n) is 12.1. The fraction of sp³-hybridized carbons (Fsp3) is 0.547. The van der Waals surface area contributed by atoms with Crippen LogP contribution in [0.5, 0.6) is 0 Å². The zero-order valence-corrected chi connectivity index (χ0v) is 40.9. The largest absolute Gasteiger partial charge is 0.416 e. The normalized spacial score (nSPS) is 22.7. The Hall–Kier alpha value is -5.73. The number of ether oxygens (including phenoxy) is 2. The minimum Gasteiger partial charge on any atom is -0.379 e. The van der Waals surface area contributed by atoms with Gasteiger partial charge >= 0.3 is 6.18 Å². The first kappa shape index (κ1) is 48.5. The van der Waals surface area contributed by atoms with E-state index in [4.69, 9.17) is 9.47 Å². The van der Waals surface area contributed by atoms with Crippen LogP contribution in [0.3, 0.4) is 0 Å². The van der Waals surface area contributed by atoms with Crippen LogP contribution >= 0.6 is 0 Å². The molecule has 0 unspecified atom stereocenters. The van der Waals surface area contributed by atoms with Crippen molar-refractivity contribution in [2.75, 3.05) is 95.1 Å². The Labute approximate surface area is 417 Å². The molecular formula is C53H63F3N10O6. The maximum absolute atomic E-state index is 14.7. The van der Waals surface area contributed by atoms with Gasteiger partial charge in [-0.25, -0.2) is 0 Å². The Kier molecular flexibility index (Phi) is 13.4. The molecule has 0 saturated carbocycles. The summed E-state index contributed by atoms with van der Waals surface area (Å²) in [5.41, 5.74) is 3.67. The van der Waals surface area contributed by atoms with E-state index in [1.54, 1.807) is 23.4 Å². The molecule has 4 amide bonds. The number of carbonyl (C=O) groups is 4. The molecule has 4 aromatic rings. The third-order valence-corrected chi connectivity index (χ3v) is 16.4. The van der Waals surface area contributed by atoms with Crippen molar-refractivity contribution in [2.24, 2.45) is 13.0 Å². The summed E-state index contributed by atoms with van der Waals surface area (Å²) < 4.78 is 58.0. The number of hydrogen-bond acceptors (Lipinski definition) is 12. The molecule has 7 aliphatic heterocycles. The van der Waals surface area contributed by atoms with Crippen molar-refractivity contribution in [3.63, 3.8) is 0 Å². The molecule has 16 nitrogen and oxygen atoms in total. The monoisotopic (exact) mass is 992 g/mol. The molecule has 0 aliphatic carbocycles. The molecule has 7 aliphatic rings. The number of hydrogen-bond donors (Lipinski definition) is 1. The molecule has 19 heteroatoms. The maximum Gasteiger partial charge on any atom is 0.416 e. The van der Waals surface area contributed by atoms with Gasteiger partial charge in [-0.05, 0) is 116 Å². The van der Waals surface area contributed by atoms with Crippen molar-refractivity contribution in [1.29, 1.82) is 0 Å². The van der Waals surface area contributed by atoms with Crippen LogP contribution in [-0.4, -0.2) is 155 Å². The summed E-state index contributed by atoms with van der Waals surface area (Å²) in [6.07, 6.45) is 2.22. The number of nitrogens with zero attached hydrogens (tertiary/aromatic N) is 9. The number of imide groups is 1. The van der Waals surface area contributed by atoms with E-state index in [1.807, 2.05) is 41.9 Å². The first-order chi connectivity index (χ1) is 34.8. The summed E-state index contributed by atoms with van der Waals surface area (Å²) in [7, 11) is 1.88. The summed E-state index contributed by atoms with van der Waals surface area (Å²) in [6.45, 7) is 11.4. The van der Waals surface area contributed by atoms with E-state index in [9.17, 15) is 32.3 Å². The molecule has 0 spiro atoms. The minimum absolute atomic E-state index is 0.0198. The second-order valence-electron chi connectivity index (χ2n) is 21.1. The Bertz CT molecular complexity index is 2700. The summed E-state index contributed by atoms with van der Waals surface area (Å²) in [5, 5.41) is 10.6. The Morgan fingerprint density at radius 2 is 1.58 bits per heavy atom. The predicted octanol–water partition coefficient (Wildman–Crippen LogP) is 4.78. The number of nitrogens with one attached hydrogen (secondary N) is 1. The van der Waals surface area contributed by atoms with Gasteiger partial charge in [0.25, 0.3) is 11.8 Å². The van der Waals surface area contributed by atoms with Gasteiger partial charge in [-0.3, -0.25) is 34.3 Å². The molecular weight excluding hydrogens is 930 g/mol. The van der Waals surface area contributed by atoms with Crippen LogP contribution in [0, 0.1) is 5.92 Å². The summed E-state index contributed by atoms with van der Waals surface area (Å²) in [5.74, 6) is 0.197. The van der Waals surface area contributed by atoms with Crippen molar-refractivity contribution in [3.05, 3.63) is 106 Å². The summed E-state index contributed by atoms with van der Waals surface area (Å²) in [4.78, 5) is 64.0. The van der Waals surface area contributed by atoms with Gasteiger partial charge < -0.3 is 33.6 Å². The zero-order chi connectivity index (χ0) is 49.7. The van der Waals surface area contributed by atoms with Crippen molar-refractivity contribution in [3.8, 4) is 0 Å². The standard InChI is InChI=1S/C53H63F3N10O6/c1-60-34-57-59-47(60)27-52(32-71-33-52)38-3-2-4-40(26-38)65-31-44-43(51(65)70)23-36(24-45(44)53(54,55)56)29-62-15-11-41(12-16-62)72-22-21-61-13-9-35(10-14-61)28-63-17-19-64(20-18-63)39-5-6-42-37(25-39)30-66(50(42)69)46-7-8-48(67)58-49(46)68/h2-6,23-26,34-35,41,46H,7-22,27-33H2,1H3,(H,58,67,68)/t46-/m0/s1. The number of benzene rings is 3. The van der Waals surface area contributed by atoms with E-state index in [1.165, 1.54) is 11.0 Å². The van der Waals surface area contributed by atoms with Crippen LogP contribution in [0.2, 0.25) is 0 Å². The number of rotatable bonds is 14. The van der Waals surface area contributed by atoms with Crippen LogP contribution in [0.15, 0.2) is 60.9 Å². The molecule has 0 radical (unpaired) electrons. The van der Waals surface area contributed by atoms with Crippen molar-refractivity contribution in [1.82, 2.24) is 39.7 Å². The van der Waals surface area contributed by atoms with Gasteiger partial charge in [-0.1, -0.05) is 12.1 Å². The first-order valence-electron chi connectivity index (χ1n) is 25.6. The first-order valence-corrected chi connectivity index (χ1v) is 25.6. The van der Waals surface area contributed by atoms with E-state index < -0.39 is 29.6 Å². The molecule has 5 fully saturated rings. The number of halogens is 3. The van der Waals surface area contributed by atoms with Crippen LogP contribution in [0.1, 0.15) is 92.9 Å². The van der Waals surface area contributed by atoms with Crippen LogP contribution < -0.4 is 15.1 Å². The average molecular weight is 993 g/mol.